The molecule has 1 aliphatic heterocycles. The number of nitrogens with zero attached hydrogens (tertiary/aromatic N) is 4. The highest BCUT2D eigenvalue weighted by molar-refractivity contribution is 6.30. The third-order valence-electron chi connectivity index (χ3n) is 4.22. The van der Waals surface area contributed by atoms with Crippen LogP contribution in [0.5, 0.6) is 0 Å². The van der Waals surface area contributed by atoms with Crippen LogP contribution in [0.3, 0.4) is 0 Å². The molecule has 1 unspecified atom stereocenters. The van der Waals surface area contributed by atoms with Crippen LogP contribution in [0.25, 0.3) is 11.5 Å². The van der Waals surface area contributed by atoms with Gasteiger partial charge in [0.25, 0.3) is 0 Å². The number of amides is 1. The monoisotopic (exact) mass is 354 g/mol. The van der Waals surface area contributed by atoms with Gasteiger partial charge in [-0.1, -0.05) is 35.0 Å². The van der Waals surface area contributed by atoms with Crippen LogP contribution < -0.4 is 0 Å². The van der Waals surface area contributed by atoms with E-state index in [1.54, 1.807) is 11.1 Å². The van der Waals surface area contributed by atoms with Gasteiger partial charge >= 0.3 is 0 Å². The Labute approximate surface area is 149 Å². The van der Waals surface area contributed by atoms with E-state index in [-0.39, 0.29) is 11.9 Å². The number of benzene rings is 1. The van der Waals surface area contributed by atoms with E-state index in [0.29, 0.717) is 41.8 Å². The van der Waals surface area contributed by atoms with Crippen LogP contribution in [-0.4, -0.2) is 25.9 Å². The Morgan fingerprint density at radius 3 is 2.80 bits per heavy atom. The van der Waals surface area contributed by atoms with E-state index < -0.39 is 0 Å². The number of pyridine rings is 1. The summed E-state index contributed by atoms with van der Waals surface area (Å²) in [6.45, 7) is 0.488. The summed E-state index contributed by atoms with van der Waals surface area (Å²) in [4.78, 5) is 22.7. The molecule has 0 N–H and O–H groups in total. The molecule has 3 aromatic rings. The highest BCUT2D eigenvalue weighted by Crippen LogP contribution is 2.34. The minimum absolute atomic E-state index is 0.0811. The molecule has 126 valence electrons. The van der Waals surface area contributed by atoms with E-state index in [0.717, 1.165) is 5.56 Å². The Morgan fingerprint density at radius 2 is 2.04 bits per heavy atom. The molecule has 1 fully saturated rings. The summed E-state index contributed by atoms with van der Waals surface area (Å²) in [5.41, 5.74) is 1.65. The van der Waals surface area contributed by atoms with E-state index >= 15 is 0 Å². The van der Waals surface area contributed by atoms with Crippen molar-refractivity contribution >= 4 is 17.5 Å². The molecular weight excluding hydrogens is 340 g/mol. The van der Waals surface area contributed by atoms with Gasteiger partial charge in [0.05, 0.1) is 0 Å². The molecule has 4 rings (SSSR count). The number of carbonyl (C=O) groups is 1. The smallest absolute Gasteiger partial charge is 0.249 e. The van der Waals surface area contributed by atoms with Gasteiger partial charge in [-0.15, -0.1) is 0 Å². The molecule has 25 heavy (non-hydrogen) atoms. The van der Waals surface area contributed by atoms with Gasteiger partial charge in [-0.25, -0.2) is 0 Å². The van der Waals surface area contributed by atoms with Gasteiger partial charge in [0.1, 0.15) is 11.7 Å². The fourth-order valence-corrected chi connectivity index (χ4v) is 3.07. The summed E-state index contributed by atoms with van der Waals surface area (Å²) >= 11 is 5.92. The lowest BCUT2D eigenvalue weighted by molar-refractivity contribution is -0.129. The average molecular weight is 355 g/mol. The minimum atomic E-state index is -0.215. The highest BCUT2D eigenvalue weighted by Gasteiger charge is 2.36. The summed E-state index contributed by atoms with van der Waals surface area (Å²) in [5.74, 6) is 0.958. The lowest BCUT2D eigenvalue weighted by Crippen LogP contribution is -2.27. The summed E-state index contributed by atoms with van der Waals surface area (Å²) in [6, 6.07) is 12.8. The first-order valence-electron chi connectivity index (χ1n) is 7.99. The van der Waals surface area contributed by atoms with Gasteiger partial charge in [-0.3, -0.25) is 9.78 Å². The highest BCUT2D eigenvalue weighted by atomic mass is 35.5. The molecule has 3 heterocycles. The molecule has 1 atom stereocenters. The third kappa shape index (κ3) is 3.25. The van der Waals surface area contributed by atoms with Crippen LogP contribution in [0, 0.1) is 0 Å². The summed E-state index contributed by atoms with van der Waals surface area (Å²) < 4.78 is 5.42. The van der Waals surface area contributed by atoms with Crippen molar-refractivity contribution in [2.45, 2.75) is 25.4 Å². The predicted molar refractivity (Wildman–Crippen MR) is 91.5 cm³/mol. The molecule has 0 spiro atoms. The maximum Gasteiger partial charge on any atom is 0.249 e. The van der Waals surface area contributed by atoms with Crippen molar-refractivity contribution in [1.29, 1.82) is 0 Å². The summed E-state index contributed by atoms with van der Waals surface area (Å²) in [7, 11) is 0. The first-order valence-corrected chi connectivity index (χ1v) is 8.37. The van der Waals surface area contributed by atoms with Gasteiger partial charge in [0, 0.05) is 24.2 Å². The molecule has 0 aliphatic carbocycles. The average Bonchev–Trinajstić information content (AvgIpc) is 3.25. The van der Waals surface area contributed by atoms with Crippen molar-refractivity contribution < 1.29 is 9.32 Å². The van der Waals surface area contributed by atoms with E-state index in [1.807, 2.05) is 42.5 Å². The fraction of sp³-hybridized carbons (Fsp3) is 0.222. The van der Waals surface area contributed by atoms with Crippen LogP contribution in [0.4, 0.5) is 0 Å². The van der Waals surface area contributed by atoms with Gasteiger partial charge in [-0.05, 0) is 36.2 Å². The van der Waals surface area contributed by atoms with E-state index in [2.05, 4.69) is 15.1 Å². The van der Waals surface area contributed by atoms with Crippen LogP contribution in [0.15, 0.2) is 53.2 Å². The molecule has 0 radical (unpaired) electrons. The van der Waals surface area contributed by atoms with E-state index in [1.165, 1.54) is 0 Å². The lowest BCUT2D eigenvalue weighted by atomic mass is 10.2. The number of likely N-dealkylation sites (tertiary alicyclic amines) is 1. The number of hydrogen-bond donors (Lipinski definition) is 0. The van der Waals surface area contributed by atoms with Gasteiger partial charge in [0.2, 0.25) is 17.6 Å². The predicted octanol–water partition coefficient (Wildman–Crippen LogP) is 3.65. The van der Waals surface area contributed by atoms with E-state index in [4.69, 9.17) is 16.1 Å². The van der Waals surface area contributed by atoms with Gasteiger partial charge in [0.15, 0.2) is 0 Å². The zero-order valence-electron chi connectivity index (χ0n) is 13.3. The van der Waals surface area contributed by atoms with Crippen molar-refractivity contribution in [2.75, 3.05) is 0 Å². The number of aromatic nitrogens is 3. The summed E-state index contributed by atoms with van der Waals surface area (Å²) in [5, 5.41) is 4.68. The van der Waals surface area contributed by atoms with Crippen LogP contribution in [0.2, 0.25) is 5.02 Å². The molecule has 2 aromatic heterocycles. The molecular formula is C18H15ClN4O2. The molecule has 0 bridgehead atoms. The van der Waals surface area contributed by atoms with Crippen LogP contribution >= 0.6 is 11.6 Å². The van der Waals surface area contributed by atoms with Crippen LogP contribution in [0.1, 0.15) is 30.3 Å². The molecule has 0 saturated carbocycles. The SMILES string of the molecule is O=C1CCC(c2nc(-c3ccccn3)no2)N1Cc1ccc(Cl)cc1. The molecule has 7 heteroatoms. The van der Waals surface area contributed by atoms with Crippen LogP contribution in [-0.2, 0) is 11.3 Å². The van der Waals surface area contributed by atoms with Crippen molar-refractivity contribution in [3.05, 3.63) is 65.1 Å². The normalized spacial score (nSPS) is 17.2. The zero-order valence-corrected chi connectivity index (χ0v) is 14.1. The standard InChI is InChI=1S/C18H15ClN4O2/c19-13-6-4-12(5-7-13)11-23-15(8-9-16(23)24)18-21-17(22-25-18)14-3-1-2-10-20-14/h1-7,10,15H,8-9,11H2. The molecule has 1 aromatic carbocycles. The minimum Gasteiger partial charge on any atom is -0.337 e. The largest absolute Gasteiger partial charge is 0.337 e. The second-order valence-electron chi connectivity index (χ2n) is 5.87. The Balaban J connectivity index is 1.57. The maximum absolute atomic E-state index is 12.3. The molecule has 1 amide bonds. The topological polar surface area (TPSA) is 72.1 Å². The summed E-state index contributed by atoms with van der Waals surface area (Å²) in [6.07, 6.45) is 2.81. The van der Waals surface area contributed by atoms with Crippen molar-refractivity contribution in [3.63, 3.8) is 0 Å². The second kappa shape index (κ2) is 6.64. The maximum atomic E-state index is 12.3. The van der Waals surface area contributed by atoms with Gasteiger partial charge < -0.3 is 9.42 Å². The third-order valence-corrected chi connectivity index (χ3v) is 4.47. The van der Waals surface area contributed by atoms with Crippen molar-refractivity contribution in [2.24, 2.45) is 0 Å². The first-order chi connectivity index (χ1) is 12.2. The Hall–Kier alpha value is -2.73. The van der Waals surface area contributed by atoms with Gasteiger partial charge in [-0.2, -0.15) is 4.98 Å². The Morgan fingerprint density at radius 1 is 1.20 bits per heavy atom. The number of rotatable bonds is 4. The zero-order chi connectivity index (χ0) is 17.2. The number of hydrogen-bond acceptors (Lipinski definition) is 5. The fourth-order valence-electron chi connectivity index (χ4n) is 2.94. The van der Waals surface area contributed by atoms with Crippen molar-refractivity contribution in [3.8, 4) is 11.5 Å². The molecule has 1 saturated heterocycles. The number of halogens is 1. The molecule has 6 nitrogen and oxygen atoms in total. The lowest BCUT2D eigenvalue weighted by Gasteiger charge is -2.22. The van der Waals surface area contributed by atoms with Crippen molar-refractivity contribution in [1.82, 2.24) is 20.0 Å². The van der Waals surface area contributed by atoms with E-state index in [9.17, 15) is 4.79 Å². The Bertz CT molecular complexity index is 880. The second-order valence-corrected chi connectivity index (χ2v) is 6.31. The quantitative estimate of drug-likeness (QED) is 0.715. The molecule has 1 aliphatic rings. The first kappa shape index (κ1) is 15.8. The number of carbonyl (C=O) groups excluding carboxylic acids is 1. The Kier molecular flexibility index (Phi) is 4.19.